The van der Waals surface area contributed by atoms with Crippen LogP contribution in [0.4, 0.5) is 0 Å². The molecular weight excluding hydrogens is 236 g/mol. The van der Waals surface area contributed by atoms with E-state index in [-0.39, 0.29) is 0 Å². The number of nitrogens with zero attached hydrogens (tertiary/aromatic N) is 3. The Morgan fingerprint density at radius 3 is 2.53 bits per heavy atom. The summed E-state index contributed by atoms with van der Waals surface area (Å²) in [7, 11) is 0. The molecule has 0 saturated heterocycles. The summed E-state index contributed by atoms with van der Waals surface area (Å²) in [6.07, 6.45) is 2.84. The summed E-state index contributed by atoms with van der Waals surface area (Å²) in [5.41, 5.74) is 3.34. The van der Waals surface area contributed by atoms with Crippen LogP contribution in [0.15, 0.2) is 0 Å². The summed E-state index contributed by atoms with van der Waals surface area (Å²) in [5.74, 6) is 0. The van der Waals surface area contributed by atoms with E-state index >= 15 is 0 Å². The van der Waals surface area contributed by atoms with Gasteiger partial charge < -0.3 is 0 Å². The lowest BCUT2D eigenvalue weighted by Crippen LogP contribution is -2.40. The highest BCUT2D eigenvalue weighted by Gasteiger charge is 2.21. The van der Waals surface area contributed by atoms with E-state index in [9.17, 15) is 5.26 Å². The van der Waals surface area contributed by atoms with Crippen molar-refractivity contribution in [2.75, 3.05) is 6.54 Å². The third-order valence-corrected chi connectivity index (χ3v) is 3.75. The van der Waals surface area contributed by atoms with Crippen LogP contribution in [0.5, 0.6) is 0 Å². The molecule has 1 heterocycles. The van der Waals surface area contributed by atoms with Crippen LogP contribution in [0.25, 0.3) is 0 Å². The van der Waals surface area contributed by atoms with Gasteiger partial charge >= 0.3 is 0 Å². The van der Waals surface area contributed by atoms with E-state index in [0.717, 1.165) is 38.0 Å². The molecule has 1 unspecified atom stereocenters. The zero-order valence-corrected chi connectivity index (χ0v) is 12.9. The van der Waals surface area contributed by atoms with Gasteiger partial charge in [0.1, 0.15) is 5.54 Å². The third-order valence-electron chi connectivity index (χ3n) is 3.75. The zero-order valence-electron chi connectivity index (χ0n) is 12.9. The maximum absolute atomic E-state index is 9.22. The molecule has 0 saturated carbocycles. The summed E-state index contributed by atoms with van der Waals surface area (Å²) < 4.78 is 2.08. The second kappa shape index (κ2) is 6.72. The molecule has 106 valence electrons. The lowest BCUT2D eigenvalue weighted by Gasteiger charge is -2.22. The molecule has 19 heavy (non-hydrogen) atoms. The number of aryl methyl sites for hydroxylation is 2. The summed E-state index contributed by atoms with van der Waals surface area (Å²) in [6.45, 7) is 12.1. The molecule has 0 spiro atoms. The molecule has 0 bridgehead atoms. The Labute approximate surface area is 116 Å². The highest BCUT2D eigenvalue weighted by atomic mass is 15.3. The molecular formula is C15H26N4. The van der Waals surface area contributed by atoms with E-state index in [1.807, 2.05) is 13.8 Å². The van der Waals surface area contributed by atoms with E-state index in [2.05, 4.69) is 41.9 Å². The van der Waals surface area contributed by atoms with Crippen molar-refractivity contribution >= 4 is 0 Å². The molecule has 1 N–H and O–H groups in total. The first-order chi connectivity index (χ1) is 8.97. The Morgan fingerprint density at radius 2 is 2.05 bits per heavy atom. The van der Waals surface area contributed by atoms with Gasteiger partial charge in [0.25, 0.3) is 0 Å². The molecule has 1 rings (SSSR count). The fraction of sp³-hybridized carbons (Fsp3) is 0.733. The number of nitrogens with one attached hydrogen (secondary N) is 1. The Bertz CT molecular complexity index is 455. The number of rotatable bonds is 7. The number of hydrogen-bond acceptors (Lipinski definition) is 3. The standard InChI is InChI=1S/C15H26N4/c1-6-14-12(3)18-19(13(14)4)10-8-9-15(5,11-16)17-7-2/h17H,6-10H2,1-5H3. The van der Waals surface area contributed by atoms with Crippen molar-refractivity contribution in [3.63, 3.8) is 0 Å². The highest BCUT2D eigenvalue weighted by molar-refractivity contribution is 5.24. The zero-order chi connectivity index (χ0) is 14.5. The normalized spacial score (nSPS) is 14.1. The number of hydrogen-bond donors (Lipinski definition) is 1. The van der Waals surface area contributed by atoms with Crippen LogP contribution in [0.3, 0.4) is 0 Å². The van der Waals surface area contributed by atoms with E-state index in [0.29, 0.717) is 0 Å². The van der Waals surface area contributed by atoms with Gasteiger partial charge in [0.05, 0.1) is 11.8 Å². The molecule has 0 aliphatic carbocycles. The van der Waals surface area contributed by atoms with Crippen molar-refractivity contribution in [3.8, 4) is 6.07 Å². The van der Waals surface area contributed by atoms with Crippen molar-refractivity contribution < 1.29 is 0 Å². The minimum absolute atomic E-state index is 0.418. The van der Waals surface area contributed by atoms with Gasteiger partial charge in [-0.3, -0.25) is 10.00 Å². The van der Waals surface area contributed by atoms with Gasteiger partial charge in [-0.25, -0.2) is 0 Å². The molecule has 0 aliphatic rings. The van der Waals surface area contributed by atoms with Crippen LogP contribution in [-0.2, 0) is 13.0 Å². The molecule has 4 heteroatoms. The molecule has 0 radical (unpaired) electrons. The first-order valence-electron chi connectivity index (χ1n) is 7.16. The van der Waals surface area contributed by atoms with Gasteiger partial charge in [0.15, 0.2) is 0 Å². The van der Waals surface area contributed by atoms with Crippen LogP contribution < -0.4 is 5.32 Å². The molecule has 1 atom stereocenters. The molecule has 0 aliphatic heterocycles. The largest absolute Gasteiger partial charge is 0.300 e. The Balaban J connectivity index is 2.61. The van der Waals surface area contributed by atoms with Crippen LogP contribution in [0, 0.1) is 25.2 Å². The van der Waals surface area contributed by atoms with E-state index in [1.165, 1.54) is 11.3 Å². The number of aromatic nitrogens is 2. The summed E-state index contributed by atoms with van der Waals surface area (Å²) in [6, 6.07) is 2.37. The van der Waals surface area contributed by atoms with Gasteiger partial charge in [-0.15, -0.1) is 0 Å². The topological polar surface area (TPSA) is 53.6 Å². The lowest BCUT2D eigenvalue weighted by atomic mass is 9.97. The Morgan fingerprint density at radius 1 is 1.37 bits per heavy atom. The van der Waals surface area contributed by atoms with Gasteiger partial charge in [-0.2, -0.15) is 10.4 Å². The maximum atomic E-state index is 9.22. The van der Waals surface area contributed by atoms with Crippen molar-refractivity contribution in [2.24, 2.45) is 0 Å². The summed E-state index contributed by atoms with van der Waals surface area (Å²) >= 11 is 0. The minimum atomic E-state index is -0.418. The van der Waals surface area contributed by atoms with Gasteiger partial charge in [0, 0.05) is 12.2 Å². The van der Waals surface area contributed by atoms with E-state index in [4.69, 9.17) is 0 Å². The summed E-state index contributed by atoms with van der Waals surface area (Å²) in [5, 5.41) is 17.1. The molecule has 4 nitrogen and oxygen atoms in total. The third kappa shape index (κ3) is 3.81. The lowest BCUT2D eigenvalue weighted by molar-refractivity contribution is 0.395. The predicted octanol–water partition coefficient (Wildman–Crippen LogP) is 2.73. The maximum Gasteiger partial charge on any atom is 0.103 e. The van der Waals surface area contributed by atoms with Gasteiger partial charge in [0.2, 0.25) is 0 Å². The first kappa shape index (κ1) is 15.7. The van der Waals surface area contributed by atoms with E-state index < -0.39 is 5.54 Å². The van der Waals surface area contributed by atoms with Crippen LogP contribution in [0.1, 0.15) is 50.6 Å². The van der Waals surface area contributed by atoms with Crippen molar-refractivity contribution in [1.82, 2.24) is 15.1 Å². The molecule has 0 amide bonds. The molecule has 1 aromatic rings. The van der Waals surface area contributed by atoms with Gasteiger partial charge in [-0.05, 0) is 52.1 Å². The average molecular weight is 262 g/mol. The quantitative estimate of drug-likeness (QED) is 0.822. The van der Waals surface area contributed by atoms with Crippen molar-refractivity contribution in [3.05, 3.63) is 17.0 Å². The second-order valence-electron chi connectivity index (χ2n) is 5.30. The fourth-order valence-corrected chi connectivity index (χ4v) is 2.62. The molecule has 0 aromatic carbocycles. The monoisotopic (exact) mass is 262 g/mol. The predicted molar refractivity (Wildman–Crippen MR) is 78.0 cm³/mol. The van der Waals surface area contributed by atoms with Crippen LogP contribution in [-0.4, -0.2) is 21.9 Å². The Kier molecular flexibility index (Phi) is 5.56. The van der Waals surface area contributed by atoms with Crippen molar-refractivity contribution in [2.45, 2.75) is 66.0 Å². The van der Waals surface area contributed by atoms with Gasteiger partial charge in [-0.1, -0.05) is 13.8 Å². The smallest absolute Gasteiger partial charge is 0.103 e. The Hall–Kier alpha value is -1.34. The van der Waals surface area contributed by atoms with Crippen LogP contribution in [0.2, 0.25) is 0 Å². The van der Waals surface area contributed by atoms with Crippen LogP contribution >= 0.6 is 0 Å². The summed E-state index contributed by atoms with van der Waals surface area (Å²) in [4.78, 5) is 0. The SMILES string of the molecule is CCNC(C)(C#N)CCCn1nc(C)c(CC)c1C. The van der Waals surface area contributed by atoms with Crippen molar-refractivity contribution in [1.29, 1.82) is 5.26 Å². The second-order valence-corrected chi connectivity index (χ2v) is 5.30. The average Bonchev–Trinajstić information content (AvgIpc) is 2.64. The highest BCUT2D eigenvalue weighted by Crippen LogP contribution is 2.16. The van der Waals surface area contributed by atoms with E-state index in [1.54, 1.807) is 0 Å². The first-order valence-corrected chi connectivity index (χ1v) is 7.16. The molecule has 0 fully saturated rings. The molecule has 1 aromatic heterocycles. The fourth-order valence-electron chi connectivity index (χ4n) is 2.62. The number of nitriles is 1. The minimum Gasteiger partial charge on any atom is -0.300 e.